The molecule has 3 N–H and O–H groups in total. The molecule has 33 heavy (non-hydrogen) atoms. The molecule has 0 bridgehead atoms. The fourth-order valence-corrected chi connectivity index (χ4v) is 4.16. The second-order valence-corrected chi connectivity index (χ2v) is 7.95. The highest BCUT2D eigenvalue weighted by atomic mass is 32.1. The number of hydrogen-bond acceptors (Lipinski definition) is 9. The largest absolute Gasteiger partial charge is 0.460 e. The van der Waals surface area contributed by atoms with Gasteiger partial charge in [-0.1, -0.05) is 18.2 Å². The first-order chi connectivity index (χ1) is 15.7. The van der Waals surface area contributed by atoms with Crippen molar-refractivity contribution in [3.05, 3.63) is 51.6 Å². The van der Waals surface area contributed by atoms with E-state index in [1.807, 2.05) is 6.07 Å². The number of rotatable bonds is 9. The minimum atomic E-state index is -0.807. The normalized spacial score (nSPS) is 10.8. The predicted molar refractivity (Wildman–Crippen MR) is 120 cm³/mol. The van der Waals surface area contributed by atoms with Crippen LogP contribution >= 0.6 is 11.3 Å². The van der Waals surface area contributed by atoms with Gasteiger partial charge in [-0.15, -0.1) is 11.3 Å². The molecule has 10 nitrogen and oxygen atoms in total. The Morgan fingerprint density at radius 2 is 1.76 bits per heavy atom. The number of primary amides is 1. The molecule has 3 aromatic rings. The molecule has 0 fully saturated rings. The molecule has 2 heterocycles. The van der Waals surface area contributed by atoms with Gasteiger partial charge in [-0.2, -0.15) is 0 Å². The van der Waals surface area contributed by atoms with Crippen LogP contribution in [0.1, 0.15) is 41.7 Å². The Balaban J connectivity index is 1.72. The highest BCUT2D eigenvalue weighted by Crippen LogP contribution is 2.33. The summed E-state index contributed by atoms with van der Waals surface area (Å²) in [4.78, 5) is 49.1. The number of benzene rings is 1. The molecule has 3 rings (SSSR count). The summed E-state index contributed by atoms with van der Waals surface area (Å²) >= 11 is 0.829. The van der Waals surface area contributed by atoms with E-state index in [1.165, 1.54) is 14.0 Å². The molecule has 0 aliphatic heterocycles. The van der Waals surface area contributed by atoms with Crippen LogP contribution in [0.4, 0.5) is 5.00 Å². The Bertz CT molecular complexity index is 1230. The van der Waals surface area contributed by atoms with Gasteiger partial charge >= 0.3 is 11.9 Å². The van der Waals surface area contributed by atoms with E-state index in [-0.39, 0.29) is 40.0 Å². The van der Waals surface area contributed by atoms with Crippen molar-refractivity contribution in [1.29, 1.82) is 0 Å². The van der Waals surface area contributed by atoms with Crippen molar-refractivity contribution in [1.82, 2.24) is 0 Å². The first-order valence-electron chi connectivity index (χ1n) is 9.79. The summed E-state index contributed by atoms with van der Waals surface area (Å²) in [5, 5.41) is 3.30. The molecule has 0 spiro atoms. The maximum absolute atomic E-state index is 12.5. The van der Waals surface area contributed by atoms with Crippen molar-refractivity contribution >= 4 is 51.1 Å². The Morgan fingerprint density at radius 1 is 1.03 bits per heavy atom. The van der Waals surface area contributed by atoms with E-state index in [2.05, 4.69) is 5.32 Å². The average molecular weight is 474 g/mol. The maximum Gasteiger partial charge on any atom is 0.375 e. The van der Waals surface area contributed by atoms with Crippen LogP contribution in [0.15, 0.2) is 28.7 Å². The molecule has 2 aromatic heterocycles. The molecule has 174 valence electrons. The zero-order valence-electron chi connectivity index (χ0n) is 18.2. The van der Waals surface area contributed by atoms with Crippen molar-refractivity contribution in [2.75, 3.05) is 32.2 Å². The standard InChI is InChI=1S/C22H22N2O8S/c1-11-13-6-4-5-7-14(13)32-17(11)22(28)31-10-15(25)24-20-16(21(27)30-9-8-29-3)12(2)18(33-20)19(23)26/h4-7H,8-10H2,1-3H3,(H2,23,26)(H,24,25). The number of ether oxygens (including phenoxy) is 3. The quantitative estimate of drug-likeness (QED) is 0.355. The number of fused-ring (bicyclic) bond motifs is 1. The fraction of sp³-hybridized carbons (Fsp3) is 0.273. The number of carbonyl (C=O) groups excluding carboxylic acids is 4. The van der Waals surface area contributed by atoms with Crippen LogP contribution < -0.4 is 11.1 Å². The number of hydrogen-bond donors (Lipinski definition) is 2. The van der Waals surface area contributed by atoms with E-state index in [9.17, 15) is 19.2 Å². The van der Waals surface area contributed by atoms with Crippen LogP contribution in [0, 0.1) is 13.8 Å². The van der Waals surface area contributed by atoms with E-state index in [0.29, 0.717) is 11.1 Å². The van der Waals surface area contributed by atoms with Gasteiger partial charge < -0.3 is 29.7 Å². The number of para-hydroxylation sites is 1. The summed E-state index contributed by atoms with van der Waals surface area (Å²) < 4.78 is 20.5. The van der Waals surface area contributed by atoms with Gasteiger partial charge in [0.1, 0.15) is 17.2 Å². The van der Waals surface area contributed by atoms with Gasteiger partial charge in [-0.3, -0.25) is 9.59 Å². The Kier molecular flexibility index (Phi) is 7.46. The third kappa shape index (κ3) is 5.21. The van der Waals surface area contributed by atoms with Gasteiger partial charge in [-0.25, -0.2) is 9.59 Å². The second-order valence-electron chi connectivity index (χ2n) is 6.93. The SMILES string of the molecule is COCCOC(=O)c1c(NC(=O)COC(=O)c2oc3ccccc3c2C)sc(C(N)=O)c1C. The van der Waals surface area contributed by atoms with Gasteiger partial charge in [0.05, 0.1) is 17.0 Å². The molecular formula is C22H22N2O8S. The lowest BCUT2D eigenvalue weighted by atomic mass is 10.1. The molecular weight excluding hydrogens is 452 g/mol. The summed E-state index contributed by atoms with van der Waals surface area (Å²) in [7, 11) is 1.45. The molecule has 0 radical (unpaired) electrons. The van der Waals surface area contributed by atoms with Crippen LogP contribution in [-0.4, -0.2) is 50.7 Å². The number of amides is 2. The van der Waals surface area contributed by atoms with Crippen molar-refractivity contribution in [2.24, 2.45) is 5.73 Å². The fourth-order valence-electron chi connectivity index (χ4n) is 3.10. The molecule has 0 aliphatic carbocycles. The Hall–Kier alpha value is -3.70. The Labute approximate surface area is 192 Å². The van der Waals surface area contributed by atoms with Gasteiger partial charge in [0.25, 0.3) is 11.8 Å². The number of furan rings is 1. The number of methoxy groups -OCH3 is 1. The van der Waals surface area contributed by atoms with Crippen LogP contribution in [0.3, 0.4) is 0 Å². The number of esters is 2. The van der Waals surface area contributed by atoms with Gasteiger partial charge in [0, 0.05) is 18.1 Å². The van der Waals surface area contributed by atoms with Crippen LogP contribution in [0.25, 0.3) is 11.0 Å². The van der Waals surface area contributed by atoms with Crippen molar-refractivity contribution < 1.29 is 37.8 Å². The lowest BCUT2D eigenvalue weighted by Gasteiger charge is -2.08. The lowest BCUT2D eigenvalue weighted by molar-refractivity contribution is -0.119. The molecule has 11 heteroatoms. The summed E-state index contributed by atoms with van der Waals surface area (Å²) in [5.74, 6) is -3.04. The number of thiophene rings is 1. The summed E-state index contributed by atoms with van der Waals surface area (Å²) in [6, 6.07) is 7.11. The van der Waals surface area contributed by atoms with Crippen LogP contribution in [-0.2, 0) is 19.0 Å². The molecule has 1 aromatic carbocycles. The van der Waals surface area contributed by atoms with E-state index in [1.54, 1.807) is 25.1 Å². The summed E-state index contributed by atoms with van der Waals surface area (Å²) in [6.45, 7) is 2.75. The van der Waals surface area contributed by atoms with E-state index in [0.717, 1.165) is 16.7 Å². The smallest absolute Gasteiger partial charge is 0.375 e. The predicted octanol–water partition coefficient (Wildman–Crippen LogP) is 2.81. The zero-order chi connectivity index (χ0) is 24.1. The van der Waals surface area contributed by atoms with Crippen LogP contribution in [0.2, 0.25) is 0 Å². The maximum atomic E-state index is 12.5. The zero-order valence-corrected chi connectivity index (χ0v) is 19.0. The van der Waals surface area contributed by atoms with Crippen LogP contribution in [0.5, 0.6) is 0 Å². The molecule has 0 saturated heterocycles. The highest BCUT2D eigenvalue weighted by Gasteiger charge is 2.26. The van der Waals surface area contributed by atoms with Crippen molar-refractivity contribution in [3.63, 3.8) is 0 Å². The number of nitrogens with two attached hydrogens (primary N) is 1. The number of aryl methyl sites for hydroxylation is 1. The first kappa shape index (κ1) is 24.0. The Morgan fingerprint density at radius 3 is 2.42 bits per heavy atom. The highest BCUT2D eigenvalue weighted by molar-refractivity contribution is 7.18. The van der Waals surface area contributed by atoms with Gasteiger partial charge in [0.2, 0.25) is 5.76 Å². The third-order valence-corrected chi connectivity index (χ3v) is 5.93. The van der Waals surface area contributed by atoms with E-state index in [4.69, 9.17) is 24.4 Å². The minimum Gasteiger partial charge on any atom is -0.460 e. The molecule has 0 aliphatic rings. The van der Waals surface area contributed by atoms with E-state index < -0.39 is 30.4 Å². The number of carbonyl (C=O) groups is 4. The molecule has 0 unspecified atom stereocenters. The van der Waals surface area contributed by atoms with Gasteiger partial charge in [-0.05, 0) is 25.5 Å². The minimum absolute atomic E-state index is 0.00212. The monoisotopic (exact) mass is 474 g/mol. The van der Waals surface area contributed by atoms with Gasteiger partial charge in [0.15, 0.2) is 6.61 Å². The molecule has 0 saturated carbocycles. The second kappa shape index (κ2) is 10.3. The summed E-state index contributed by atoms with van der Waals surface area (Å²) in [5.41, 5.74) is 6.76. The molecule has 2 amide bonds. The van der Waals surface area contributed by atoms with E-state index >= 15 is 0 Å². The molecule has 0 atom stereocenters. The first-order valence-corrected chi connectivity index (χ1v) is 10.6. The topological polar surface area (TPSA) is 147 Å². The van der Waals surface area contributed by atoms with Crippen molar-refractivity contribution in [2.45, 2.75) is 13.8 Å². The summed E-state index contributed by atoms with van der Waals surface area (Å²) in [6.07, 6.45) is 0. The third-order valence-electron chi connectivity index (χ3n) is 4.71. The average Bonchev–Trinajstić information content (AvgIpc) is 3.29. The lowest BCUT2D eigenvalue weighted by Crippen LogP contribution is -2.22. The van der Waals surface area contributed by atoms with Crippen molar-refractivity contribution in [3.8, 4) is 0 Å². The number of anilines is 1. The number of nitrogens with one attached hydrogen (secondary N) is 1.